The van der Waals surface area contributed by atoms with Crippen molar-refractivity contribution in [2.75, 3.05) is 11.9 Å². The average molecular weight is 456 g/mol. The van der Waals surface area contributed by atoms with Gasteiger partial charge in [0.05, 0.1) is 29.9 Å². The number of hydrogen-bond donors (Lipinski definition) is 2. The molecule has 10 nitrogen and oxygen atoms in total. The number of nitrogens with zero attached hydrogens (tertiary/aromatic N) is 3. The lowest BCUT2D eigenvalue weighted by molar-refractivity contribution is -0.118. The minimum absolute atomic E-state index is 0.0620. The number of ether oxygens (including phenoxy) is 2. The summed E-state index contributed by atoms with van der Waals surface area (Å²) in [7, 11) is 0. The quantitative estimate of drug-likeness (QED) is 0.536. The third-order valence-electron chi connectivity index (χ3n) is 4.71. The van der Waals surface area contributed by atoms with E-state index in [0.29, 0.717) is 23.6 Å². The molecule has 0 aliphatic carbocycles. The molecule has 2 aromatic rings. The highest BCUT2D eigenvalue weighted by molar-refractivity contribution is 5.95. The molecule has 1 aliphatic rings. The van der Waals surface area contributed by atoms with Gasteiger partial charge in [-0.25, -0.2) is 14.3 Å². The van der Waals surface area contributed by atoms with E-state index >= 15 is 0 Å². The summed E-state index contributed by atoms with van der Waals surface area (Å²) in [5.41, 5.74) is 0.536. The van der Waals surface area contributed by atoms with Gasteiger partial charge in [0.25, 0.3) is 0 Å². The van der Waals surface area contributed by atoms with Gasteiger partial charge in [-0.1, -0.05) is 19.1 Å². The average Bonchev–Trinajstić information content (AvgIpc) is 3.15. The maximum atomic E-state index is 12.7. The number of hydrogen-bond acceptors (Lipinski definition) is 7. The lowest BCUT2D eigenvalue weighted by Gasteiger charge is -2.23. The van der Waals surface area contributed by atoms with E-state index in [1.165, 1.54) is 10.7 Å². The zero-order chi connectivity index (χ0) is 24.2. The lowest BCUT2D eigenvalue weighted by Crippen LogP contribution is -2.35. The predicted octanol–water partition coefficient (Wildman–Crippen LogP) is 3.54. The molecule has 10 heteroatoms. The van der Waals surface area contributed by atoms with Crippen LogP contribution in [0.15, 0.2) is 36.5 Å². The fraction of sp³-hybridized carbons (Fsp3) is 0.435. The van der Waals surface area contributed by atoms with Gasteiger partial charge in [-0.15, -0.1) is 0 Å². The zero-order valence-corrected chi connectivity index (χ0v) is 19.4. The van der Waals surface area contributed by atoms with Crippen LogP contribution in [0.2, 0.25) is 0 Å². The van der Waals surface area contributed by atoms with E-state index in [9.17, 15) is 14.4 Å². The van der Waals surface area contributed by atoms with E-state index in [1.807, 2.05) is 6.08 Å². The van der Waals surface area contributed by atoms with Gasteiger partial charge in [0.1, 0.15) is 11.4 Å². The highest BCUT2D eigenvalue weighted by atomic mass is 16.6. The Bertz CT molecular complexity index is 1070. The first-order valence-corrected chi connectivity index (χ1v) is 10.8. The third-order valence-corrected chi connectivity index (χ3v) is 4.71. The highest BCUT2D eigenvalue weighted by Gasteiger charge is 2.24. The van der Waals surface area contributed by atoms with Gasteiger partial charge >= 0.3 is 12.1 Å². The Labute approximate surface area is 192 Å². The summed E-state index contributed by atoms with van der Waals surface area (Å²) in [5.74, 6) is -1.01. The first-order valence-electron chi connectivity index (χ1n) is 10.8. The number of rotatable bonds is 3. The molecule has 3 rings (SSSR count). The normalized spacial score (nSPS) is 19.2. The molecule has 0 saturated carbocycles. The van der Waals surface area contributed by atoms with Crippen molar-refractivity contribution in [3.63, 3.8) is 0 Å². The number of amides is 2. The van der Waals surface area contributed by atoms with Gasteiger partial charge in [0.15, 0.2) is 5.69 Å². The van der Waals surface area contributed by atoms with Crippen LogP contribution in [-0.2, 0) is 14.3 Å². The number of fused-ring (bicyclic) bond motifs is 4. The Morgan fingerprint density at radius 3 is 2.76 bits per heavy atom. The monoisotopic (exact) mass is 455 g/mol. The van der Waals surface area contributed by atoms with E-state index in [4.69, 9.17) is 9.47 Å². The van der Waals surface area contributed by atoms with E-state index in [1.54, 1.807) is 59.0 Å². The second-order valence-corrected chi connectivity index (χ2v) is 8.63. The summed E-state index contributed by atoms with van der Waals surface area (Å²) in [6.07, 6.45) is 4.97. The zero-order valence-electron chi connectivity index (χ0n) is 19.4. The Morgan fingerprint density at radius 2 is 2.06 bits per heavy atom. The molecule has 2 amide bonds. The minimum Gasteiger partial charge on any atom is -0.461 e. The second-order valence-electron chi connectivity index (χ2n) is 8.63. The fourth-order valence-electron chi connectivity index (χ4n) is 3.18. The van der Waals surface area contributed by atoms with Crippen molar-refractivity contribution in [3.8, 4) is 5.69 Å². The molecule has 2 N–H and O–H groups in total. The topological polar surface area (TPSA) is 124 Å². The van der Waals surface area contributed by atoms with Crippen LogP contribution in [0.5, 0.6) is 0 Å². The molecule has 33 heavy (non-hydrogen) atoms. The molecule has 0 spiro atoms. The Morgan fingerprint density at radius 1 is 1.30 bits per heavy atom. The van der Waals surface area contributed by atoms with E-state index in [0.717, 1.165) is 0 Å². The highest BCUT2D eigenvalue weighted by Crippen LogP contribution is 2.24. The third kappa shape index (κ3) is 6.18. The minimum atomic E-state index is -0.652. The number of carbonyl (C=O) groups is 3. The van der Waals surface area contributed by atoms with Crippen LogP contribution in [0.4, 0.5) is 10.6 Å². The molecule has 1 unspecified atom stereocenters. The largest absolute Gasteiger partial charge is 0.461 e. The van der Waals surface area contributed by atoms with Crippen molar-refractivity contribution in [3.05, 3.63) is 47.9 Å². The van der Waals surface area contributed by atoms with Crippen LogP contribution in [0.3, 0.4) is 0 Å². The molecule has 1 aliphatic heterocycles. The number of carbonyl (C=O) groups excluding carboxylic acids is 3. The molecule has 2 aromatic heterocycles. The van der Waals surface area contributed by atoms with Crippen LogP contribution >= 0.6 is 0 Å². The van der Waals surface area contributed by atoms with Crippen molar-refractivity contribution in [2.45, 2.75) is 52.7 Å². The van der Waals surface area contributed by atoms with Gasteiger partial charge in [-0.2, -0.15) is 5.10 Å². The van der Waals surface area contributed by atoms with Crippen molar-refractivity contribution >= 4 is 23.8 Å². The van der Waals surface area contributed by atoms with Crippen LogP contribution in [0, 0.1) is 5.92 Å². The predicted molar refractivity (Wildman–Crippen MR) is 121 cm³/mol. The van der Waals surface area contributed by atoms with Crippen molar-refractivity contribution in [1.29, 1.82) is 0 Å². The molecule has 3 heterocycles. The van der Waals surface area contributed by atoms with Crippen LogP contribution < -0.4 is 10.6 Å². The number of esters is 1. The molecular formula is C23H29N5O5. The van der Waals surface area contributed by atoms with Crippen LogP contribution in [0.25, 0.3) is 5.69 Å². The smallest absolute Gasteiger partial charge is 0.408 e. The van der Waals surface area contributed by atoms with E-state index in [2.05, 4.69) is 20.7 Å². The first kappa shape index (κ1) is 24.0. The summed E-state index contributed by atoms with van der Waals surface area (Å²) in [5, 5.41) is 10.00. The standard InChI is InChI=1S/C23H29N5O5/c1-6-32-21(30)18-13-19-26-20(29)14(2)8-7-9-16(25-22(31)33-23(3,4)5)17-12-15(10-11-24-17)28(19)27-18/h7-8,10-14,16H,6,9H2,1-5H3,(H,25,31)(H,26,29)/b8-7-/t14?,16-/m0/s1. The number of alkyl carbamates (subject to hydrolysis) is 1. The van der Waals surface area contributed by atoms with Gasteiger partial charge in [0.2, 0.25) is 5.91 Å². The molecule has 0 aromatic carbocycles. The second kappa shape index (κ2) is 9.85. The van der Waals surface area contributed by atoms with Gasteiger partial charge in [0, 0.05) is 12.3 Å². The van der Waals surface area contributed by atoms with Gasteiger partial charge < -0.3 is 20.1 Å². The van der Waals surface area contributed by atoms with Crippen molar-refractivity contribution in [2.24, 2.45) is 5.92 Å². The number of aromatic nitrogens is 3. The lowest BCUT2D eigenvalue weighted by atomic mass is 10.1. The molecule has 0 saturated heterocycles. The number of pyridine rings is 1. The molecule has 2 atom stereocenters. The van der Waals surface area contributed by atoms with Gasteiger partial charge in [-0.05, 0) is 46.2 Å². The van der Waals surface area contributed by atoms with Crippen molar-refractivity contribution in [1.82, 2.24) is 20.1 Å². The van der Waals surface area contributed by atoms with E-state index in [-0.39, 0.29) is 18.2 Å². The Hall–Kier alpha value is -3.69. The molecular weight excluding hydrogens is 426 g/mol. The summed E-state index contributed by atoms with van der Waals surface area (Å²) >= 11 is 0. The van der Waals surface area contributed by atoms with Crippen LogP contribution in [0.1, 0.15) is 63.3 Å². The summed E-state index contributed by atoms with van der Waals surface area (Å²) in [4.78, 5) is 41.8. The molecule has 2 bridgehead atoms. The molecule has 0 radical (unpaired) electrons. The molecule has 0 fully saturated rings. The summed E-state index contributed by atoms with van der Waals surface area (Å²) < 4.78 is 11.9. The van der Waals surface area contributed by atoms with Crippen molar-refractivity contribution < 1.29 is 23.9 Å². The number of nitrogens with one attached hydrogen (secondary N) is 2. The summed E-state index contributed by atoms with van der Waals surface area (Å²) in [6, 6.07) is 4.39. The molecule has 176 valence electrons. The van der Waals surface area contributed by atoms with E-state index < -0.39 is 29.6 Å². The maximum Gasteiger partial charge on any atom is 0.408 e. The Kier molecular flexibility index (Phi) is 7.15. The summed E-state index contributed by atoms with van der Waals surface area (Å²) in [6.45, 7) is 9.01. The Balaban J connectivity index is 2.04. The fourth-order valence-corrected chi connectivity index (χ4v) is 3.18. The SMILES string of the molecule is CCOC(=O)c1cc2n(n1)-c1ccnc(c1)[C@@H](NC(=O)OC(C)(C)C)C/C=C\C(C)C(=O)N2. The van der Waals surface area contributed by atoms with Crippen LogP contribution in [-0.4, -0.2) is 44.9 Å². The maximum absolute atomic E-state index is 12.7. The first-order chi connectivity index (χ1) is 15.6. The van der Waals surface area contributed by atoms with Gasteiger partial charge in [-0.3, -0.25) is 9.78 Å². The number of anilines is 1.